The first-order chi connectivity index (χ1) is 7.57. The van der Waals surface area contributed by atoms with Crippen LogP contribution >= 0.6 is 0 Å². The Hall–Kier alpha value is -1.65. The quantitative estimate of drug-likeness (QED) is 0.849. The van der Waals surface area contributed by atoms with E-state index in [1.54, 1.807) is 14.1 Å². The van der Waals surface area contributed by atoms with E-state index in [9.17, 15) is 9.18 Å². The van der Waals surface area contributed by atoms with E-state index in [4.69, 9.17) is 0 Å². The molecule has 0 saturated carbocycles. The van der Waals surface area contributed by atoms with Crippen LogP contribution in [0.1, 0.15) is 23.7 Å². The fourth-order valence-corrected chi connectivity index (χ4v) is 1.22. The molecule has 0 unspecified atom stereocenters. The fraction of sp³-hybridized carbons (Fsp3) is 0.455. The molecule has 0 saturated heterocycles. The summed E-state index contributed by atoms with van der Waals surface area (Å²) in [5.74, 6) is -0.816. The van der Waals surface area contributed by atoms with Gasteiger partial charge in [-0.2, -0.15) is 0 Å². The monoisotopic (exact) mass is 225 g/mol. The molecule has 16 heavy (non-hydrogen) atoms. The Morgan fingerprint density at radius 3 is 2.81 bits per heavy atom. The van der Waals surface area contributed by atoms with Crippen molar-refractivity contribution in [3.05, 3.63) is 23.6 Å². The Morgan fingerprint density at radius 1 is 1.56 bits per heavy atom. The second-order valence-corrected chi connectivity index (χ2v) is 3.65. The van der Waals surface area contributed by atoms with E-state index in [1.165, 1.54) is 17.2 Å². The summed E-state index contributed by atoms with van der Waals surface area (Å²) >= 11 is 0. The minimum absolute atomic E-state index is 0.0404. The van der Waals surface area contributed by atoms with Crippen LogP contribution in [0.25, 0.3) is 0 Å². The Kier molecular flexibility index (Phi) is 4.22. The van der Waals surface area contributed by atoms with Gasteiger partial charge in [-0.05, 0) is 12.5 Å². The van der Waals surface area contributed by atoms with Gasteiger partial charge in [-0.25, -0.2) is 9.37 Å². The van der Waals surface area contributed by atoms with Gasteiger partial charge in [0.15, 0.2) is 11.6 Å². The number of nitrogens with zero attached hydrogens (tertiary/aromatic N) is 2. The Labute approximate surface area is 94.5 Å². The summed E-state index contributed by atoms with van der Waals surface area (Å²) in [6.45, 7) is 2.60. The number of anilines is 1. The lowest BCUT2D eigenvalue weighted by Crippen LogP contribution is -2.23. The molecule has 0 aromatic carbocycles. The maximum atomic E-state index is 13.8. The molecule has 0 aliphatic carbocycles. The van der Waals surface area contributed by atoms with Crippen molar-refractivity contribution in [1.82, 2.24) is 9.88 Å². The first-order valence-electron chi connectivity index (χ1n) is 5.18. The molecule has 5 heteroatoms. The van der Waals surface area contributed by atoms with Crippen molar-refractivity contribution in [3.8, 4) is 0 Å². The number of amides is 1. The molecule has 0 radical (unpaired) electrons. The molecule has 88 valence electrons. The molecule has 0 bridgehead atoms. The first-order valence-corrected chi connectivity index (χ1v) is 5.18. The van der Waals surface area contributed by atoms with E-state index in [0.29, 0.717) is 6.54 Å². The number of pyridine rings is 1. The third-order valence-electron chi connectivity index (χ3n) is 2.07. The maximum Gasteiger partial charge on any atom is 0.256 e. The van der Waals surface area contributed by atoms with Crippen molar-refractivity contribution in [3.63, 3.8) is 0 Å². The smallest absolute Gasteiger partial charge is 0.256 e. The highest BCUT2D eigenvalue weighted by Crippen LogP contribution is 2.16. The number of halogens is 1. The van der Waals surface area contributed by atoms with Crippen molar-refractivity contribution in [2.24, 2.45) is 0 Å². The number of carbonyl (C=O) groups is 1. The average molecular weight is 225 g/mol. The predicted octanol–water partition coefficient (Wildman–Crippen LogP) is 1.74. The van der Waals surface area contributed by atoms with Crippen LogP contribution in [0.5, 0.6) is 0 Å². The molecule has 1 heterocycles. The zero-order valence-corrected chi connectivity index (χ0v) is 9.75. The third-order valence-corrected chi connectivity index (χ3v) is 2.07. The minimum Gasteiger partial charge on any atom is -0.368 e. The maximum absolute atomic E-state index is 13.8. The molecule has 0 aliphatic rings. The number of rotatable bonds is 4. The molecule has 1 N–H and O–H groups in total. The highest BCUT2D eigenvalue weighted by Gasteiger charge is 2.16. The van der Waals surface area contributed by atoms with E-state index in [-0.39, 0.29) is 17.3 Å². The van der Waals surface area contributed by atoms with Crippen LogP contribution < -0.4 is 5.32 Å². The molecule has 0 atom stereocenters. The van der Waals surface area contributed by atoms with Gasteiger partial charge in [0.05, 0.1) is 5.56 Å². The van der Waals surface area contributed by atoms with Gasteiger partial charge in [0.25, 0.3) is 5.91 Å². The van der Waals surface area contributed by atoms with Gasteiger partial charge in [0.1, 0.15) is 0 Å². The van der Waals surface area contributed by atoms with Crippen LogP contribution in [0.4, 0.5) is 10.2 Å². The second-order valence-electron chi connectivity index (χ2n) is 3.65. The van der Waals surface area contributed by atoms with E-state index in [0.717, 1.165) is 6.42 Å². The summed E-state index contributed by atoms with van der Waals surface area (Å²) in [5.41, 5.74) is 0.0404. The summed E-state index contributed by atoms with van der Waals surface area (Å²) in [7, 11) is 3.17. The normalized spacial score (nSPS) is 10.0. The number of carbonyl (C=O) groups excluding carboxylic acids is 1. The van der Waals surface area contributed by atoms with Crippen molar-refractivity contribution in [1.29, 1.82) is 0 Å². The Balaban J connectivity index is 2.99. The summed E-state index contributed by atoms with van der Waals surface area (Å²) in [5, 5.41) is 2.84. The lowest BCUT2D eigenvalue weighted by Gasteiger charge is -2.12. The molecular formula is C11H16FN3O. The second kappa shape index (κ2) is 5.44. The Bertz CT molecular complexity index is 379. The van der Waals surface area contributed by atoms with Crippen molar-refractivity contribution >= 4 is 11.7 Å². The zero-order chi connectivity index (χ0) is 12.1. The third kappa shape index (κ3) is 2.68. The van der Waals surface area contributed by atoms with Gasteiger partial charge < -0.3 is 10.2 Å². The fourth-order valence-electron chi connectivity index (χ4n) is 1.22. The zero-order valence-electron chi connectivity index (χ0n) is 9.75. The number of nitrogens with one attached hydrogen (secondary N) is 1. The molecule has 1 rings (SSSR count). The van der Waals surface area contributed by atoms with Gasteiger partial charge >= 0.3 is 0 Å². The SMILES string of the molecule is CCCNc1nccc(C(=O)N(C)C)c1F. The van der Waals surface area contributed by atoms with E-state index >= 15 is 0 Å². The number of hydrogen-bond acceptors (Lipinski definition) is 3. The highest BCUT2D eigenvalue weighted by molar-refractivity contribution is 5.94. The predicted molar refractivity (Wildman–Crippen MR) is 61.0 cm³/mol. The minimum atomic E-state index is -0.588. The largest absolute Gasteiger partial charge is 0.368 e. The number of hydrogen-bond donors (Lipinski definition) is 1. The average Bonchev–Trinajstić information content (AvgIpc) is 2.26. The summed E-state index contributed by atoms with van der Waals surface area (Å²) < 4.78 is 13.8. The van der Waals surface area contributed by atoms with Gasteiger partial charge in [0.2, 0.25) is 0 Å². The Morgan fingerprint density at radius 2 is 2.25 bits per heavy atom. The van der Waals surface area contributed by atoms with Crippen LogP contribution in [0.3, 0.4) is 0 Å². The topological polar surface area (TPSA) is 45.2 Å². The summed E-state index contributed by atoms with van der Waals surface area (Å²) in [4.78, 5) is 16.8. The molecule has 1 aromatic heterocycles. The molecular weight excluding hydrogens is 209 g/mol. The van der Waals surface area contributed by atoms with Gasteiger partial charge in [-0.3, -0.25) is 4.79 Å². The lowest BCUT2D eigenvalue weighted by molar-refractivity contribution is 0.0823. The van der Waals surface area contributed by atoms with Crippen molar-refractivity contribution in [2.45, 2.75) is 13.3 Å². The van der Waals surface area contributed by atoms with Crippen molar-refractivity contribution < 1.29 is 9.18 Å². The molecule has 1 amide bonds. The standard InChI is InChI=1S/C11H16FN3O/c1-4-6-13-10-9(12)8(5-7-14-10)11(16)15(2)3/h5,7H,4,6H2,1-3H3,(H,13,14). The molecule has 0 spiro atoms. The van der Waals surface area contributed by atoms with Crippen LogP contribution in [0.15, 0.2) is 12.3 Å². The van der Waals surface area contributed by atoms with Gasteiger partial charge in [-0.15, -0.1) is 0 Å². The van der Waals surface area contributed by atoms with E-state index in [2.05, 4.69) is 10.3 Å². The van der Waals surface area contributed by atoms with Crippen LogP contribution in [0, 0.1) is 5.82 Å². The summed E-state index contributed by atoms with van der Waals surface area (Å²) in [6, 6.07) is 1.38. The molecule has 4 nitrogen and oxygen atoms in total. The number of aromatic nitrogens is 1. The van der Waals surface area contributed by atoms with Crippen LogP contribution in [-0.4, -0.2) is 36.4 Å². The first kappa shape index (κ1) is 12.4. The highest BCUT2D eigenvalue weighted by atomic mass is 19.1. The summed E-state index contributed by atoms with van der Waals surface area (Å²) in [6.07, 6.45) is 2.30. The molecule has 0 aliphatic heterocycles. The van der Waals surface area contributed by atoms with Crippen molar-refractivity contribution in [2.75, 3.05) is 26.0 Å². The van der Waals surface area contributed by atoms with Gasteiger partial charge in [0, 0.05) is 26.8 Å². The van der Waals surface area contributed by atoms with Crippen LogP contribution in [-0.2, 0) is 0 Å². The molecule has 1 aromatic rings. The van der Waals surface area contributed by atoms with E-state index < -0.39 is 5.82 Å². The van der Waals surface area contributed by atoms with Crippen LogP contribution in [0.2, 0.25) is 0 Å². The van der Waals surface area contributed by atoms with E-state index in [1.807, 2.05) is 6.92 Å². The lowest BCUT2D eigenvalue weighted by atomic mass is 10.2. The molecule has 0 fully saturated rings. The van der Waals surface area contributed by atoms with Gasteiger partial charge in [-0.1, -0.05) is 6.92 Å².